The molecular formula is C17H14FN3O2S. The molecule has 0 saturated carbocycles. The fraction of sp³-hybridized carbons (Fsp3) is 0.235. The van der Waals surface area contributed by atoms with Gasteiger partial charge in [0.2, 0.25) is 0 Å². The standard InChI is InChI=1S/C17H14FN3O2S/c18-11-3-1-4-12(9-11)23-13-6-8-21(10-13)17(22)16-20-14-5-2-7-19-15(14)24-16/h1-5,7,9,13H,6,8,10H2. The summed E-state index contributed by atoms with van der Waals surface area (Å²) in [5.74, 6) is 0.0437. The number of carbonyl (C=O) groups is 1. The van der Waals surface area contributed by atoms with Gasteiger partial charge in [0.05, 0.1) is 6.54 Å². The molecule has 1 aliphatic rings. The van der Waals surface area contributed by atoms with Gasteiger partial charge in [0.1, 0.15) is 28.0 Å². The largest absolute Gasteiger partial charge is 0.488 e. The number of amides is 1. The van der Waals surface area contributed by atoms with Crippen LogP contribution in [-0.2, 0) is 0 Å². The summed E-state index contributed by atoms with van der Waals surface area (Å²) in [5, 5.41) is 0.440. The summed E-state index contributed by atoms with van der Waals surface area (Å²) in [7, 11) is 0. The molecule has 1 fully saturated rings. The van der Waals surface area contributed by atoms with Crippen molar-refractivity contribution in [3.8, 4) is 5.75 Å². The molecule has 5 nitrogen and oxygen atoms in total. The Morgan fingerprint density at radius 3 is 3.08 bits per heavy atom. The summed E-state index contributed by atoms with van der Waals surface area (Å²) < 4.78 is 19.0. The van der Waals surface area contributed by atoms with Gasteiger partial charge in [-0.05, 0) is 24.3 Å². The molecule has 1 atom stereocenters. The summed E-state index contributed by atoms with van der Waals surface area (Å²) in [5.41, 5.74) is 0.734. The maximum atomic E-state index is 13.2. The maximum Gasteiger partial charge on any atom is 0.283 e. The third kappa shape index (κ3) is 2.94. The highest BCUT2D eigenvalue weighted by Gasteiger charge is 2.30. The minimum atomic E-state index is -0.333. The van der Waals surface area contributed by atoms with Gasteiger partial charge in [-0.25, -0.2) is 14.4 Å². The van der Waals surface area contributed by atoms with Crippen LogP contribution in [0, 0.1) is 5.82 Å². The molecule has 24 heavy (non-hydrogen) atoms. The Hall–Kier alpha value is -2.54. The topological polar surface area (TPSA) is 55.3 Å². The van der Waals surface area contributed by atoms with Gasteiger partial charge < -0.3 is 9.64 Å². The molecule has 0 N–H and O–H groups in total. The lowest BCUT2D eigenvalue weighted by molar-refractivity contribution is 0.0772. The lowest BCUT2D eigenvalue weighted by Gasteiger charge is -2.16. The van der Waals surface area contributed by atoms with Crippen molar-refractivity contribution in [1.82, 2.24) is 14.9 Å². The van der Waals surface area contributed by atoms with Crippen molar-refractivity contribution in [3.05, 3.63) is 53.4 Å². The van der Waals surface area contributed by atoms with E-state index in [9.17, 15) is 9.18 Å². The lowest BCUT2D eigenvalue weighted by atomic mass is 10.3. The Bertz CT molecular complexity index is 865. The summed E-state index contributed by atoms with van der Waals surface area (Å²) >= 11 is 1.30. The van der Waals surface area contributed by atoms with Gasteiger partial charge in [0.15, 0.2) is 5.01 Å². The Morgan fingerprint density at radius 2 is 2.25 bits per heavy atom. The Kier molecular flexibility index (Phi) is 3.86. The highest BCUT2D eigenvalue weighted by Crippen LogP contribution is 2.24. The summed E-state index contributed by atoms with van der Waals surface area (Å²) in [4.78, 5) is 23.6. The number of benzene rings is 1. The van der Waals surface area contributed by atoms with Gasteiger partial charge in [-0.15, -0.1) is 0 Å². The first-order valence-electron chi connectivity index (χ1n) is 7.62. The van der Waals surface area contributed by atoms with Crippen LogP contribution in [-0.4, -0.2) is 40.0 Å². The number of likely N-dealkylation sites (tertiary alicyclic amines) is 1. The van der Waals surface area contributed by atoms with Crippen LogP contribution < -0.4 is 4.74 Å². The minimum absolute atomic E-state index is 0.108. The Balaban J connectivity index is 1.45. The maximum absolute atomic E-state index is 13.2. The van der Waals surface area contributed by atoms with E-state index in [-0.39, 0.29) is 17.8 Å². The van der Waals surface area contributed by atoms with Gasteiger partial charge in [-0.2, -0.15) is 0 Å². The molecule has 2 aromatic heterocycles. The van der Waals surface area contributed by atoms with Crippen LogP contribution in [0.5, 0.6) is 5.75 Å². The normalized spacial score (nSPS) is 17.4. The van der Waals surface area contributed by atoms with Crippen LogP contribution in [0.15, 0.2) is 42.6 Å². The zero-order chi connectivity index (χ0) is 16.5. The Morgan fingerprint density at radius 1 is 1.33 bits per heavy atom. The van der Waals surface area contributed by atoms with E-state index in [2.05, 4.69) is 9.97 Å². The van der Waals surface area contributed by atoms with Crippen molar-refractivity contribution in [3.63, 3.8) is 0 Å². The molecule has 0 aliphatic carbocycles. The minimum Gasteiger partial charge on any atom is -0.488 e. The number of halogens is 1. The smallest absolute Gasteiger partial charge is 0.283 e. The number of carbonyl (C=O) groups excluding carboxylic acids is 1. The number of pyridine rings is 1. The van der Waals surface area contributed by atoms with E-state index in [1.807, 2.05) is 6.07 Å². The van der Waals surface area contributed by atoms with Crippen molar-refractivity contribution in [2.45, 2.75) is 12.5 Å². The number of thiazole rings is 1. The van der Waals surface area contributed by atoms with Crippen molar-refractivity contribution >= 4 is 27.6 Å². The quantitative estimate of drug-likeness (QED) is 0.733. The van der Waals surface area contributed by atoms with Gasteiger partial charge in [0.25, 0.3) is 5.91 Å². The first-order valence-corrected chi connectivity index (χ1v) is 8.44. The van der Waals surface area contributed by atoms with Gasteiger partial charge in [-0.1, -0.05) is 17.4 Å². The molecule has 1 aromatic carbocycles. The van der Waals surface area contributed by atoms with Crippen molar-refractivity contribution < 1.29 is 13.9 Å². The molecule has 0 radical (unpaired) electrons. The molecule has 1 unspecified atom stereocenters. The fourth-order valence-corrected chi connectivity index (χ4v) is 3.61. The average Bonchev–Trinajstić information content (AvgIpc) is 3.20. The second kappa shape index (κ2) is 6.16. The molecule has 4 rings (SSSR count). The fourth-order valence-electron chi connectivity index (χ4n) is 2.74. The molecule has 7 heteroatoms. The molecule has 0 bridgehead atoms. The SMILES string of the molecule is O=C(c1nc2cccnc2s1)N1CCC(Oc2cccc(F)c2)C1. The number of nitrogens with zero attached hydrogens (tertiary/aromatic N) is 3. The summed E-state index contributed by atoms with van der Waals surface area (Å²) in [6, 6.07) is 9.69. The van der Waals surface area contributed by atoms with Crippen LogP contribution in [0.2, 0.25) is 0 Å². The van der Waals surface area contributed by atoms with Gasteiger partial charge >= 0.3 is 0 Å². The summed E-state index contributed by atoms with van der Waals surface area (Å²) in [6.07, 6.45) is 2.27. The highest BCUT2D eigenvalue weighted by molar-refractivity contribution is 7.19. The zero-order valence-corrected chi connectivity index (χ0v) is 13.5. The zero-order valence-electron chi connectivity index (χ0n) is 12.7. The van der Waals surface area contributed by atoms with E-state index in [0.717, 1.165) is 10.3 Å². The second-order valence-corrected chi connectivity index (χ2v) is 6.56. The first-order chi connectivity index (χ1) is 11.7. The number of fused-ring (bicyclic) bond motifs is 1. The van der Waals surface area contributed by atoms with Crippen LogP contribution in [0.4, 0.5) is 4.39 Å². The van der Waals surface area contributed by atoms with E-state index in [1.165, 1.54) is 23.5 Å². The third-order valence-electron chi connectivity index (χ3n) is 3.88. The molecule has 1 saturated heterocycles. The average molecular weight is 343 g/mol. The lowest BCUT2D eigenvalue weighted by Crippen LogP contribution is -2.30. The molecule has 0 spiro atoms. The highest BCUT2D eigenvalue weighted by atomic mass is 32.1. The van der Waals surface area contributed by atoms with Crippen LogP contribution in [0.1, 0.15) is 16.2 Å². The van der Waals surface area contributed by atoms with E-state index >= 15 is 0 Å². The predicted octanol–water partition coefficient (Wildman–Crippen LogP) is 3.12. The molecule has 1 amide bonds. The van der Waals surface area contributed by atoms with Crippen molar-refractivity contribution in [2.24, 2.45) is 0 Å². The van der Waals surface area contributed by atoms with Gasteiger partial charge in [0, 0.05) is 25.2 Å². The van der Waals surface area contributed by atoms with Crippen LogP contribution in [0.25, 0.3) is 10.3 Å². The number of rotatable bonds is 3. The van der Waals surface area contributed by atoms with Crippen molar-refractivity contribution in [1.29, 1.82) is 0 Å². The third-order valence-corrected chi connectivity index (χ3v) is 4.85. The molecule has 122 valence electrons. The van der Waals surface area contributed by atoms with Crippen LogP contribution in [0.3, 0.4) is 0 Å². The van der Waals surface area contributed by atoms with E-state index in [0.29, 0.717) is 30.3 Å². The van der Waals surface area contributed by atoms with E-state index < -0.39 is 0 Å². The molecule has 3 aromatic rings. The first kappa shape index (κ1) is 15.0. The predicted molar refractivity (Wildman–Crippen MR) is 88.8 cm³/mol. The Labute approximate surface area is 141 Å². The van der Waals surface area contributed by atoms with Crippen molar-refractivity contribution in [2.75, 3.05) is 13.1 Å². The van der Waals surface area contributed by atoms with Gasteiger partial charge in [-0.3, -0.25) is 4.79 Å². The monoisotopic (exact) mass is 343 g/mol. The van der Waals surface area contributed by atoms with E-state index in [1.54, 1.807) is 29.3 Å². The summed E-state index contributed by atoms with van der Waals surface area (Å²) in [6.45, 7) is 1.07. The molecular weight excluding hydrogens is 329 g/mol. The number of hydrogen-bond donors (Lipinski definition) is 0. The number of aromatic nitrogens is 2. The molecule has 1 aliphatic heterocycles. The van der Waals surface area contributed by atoms with E-state index in [4.69, 9.17) is 4.74 Å². The number of ether oxygens (including phenoxy) is 1. The second-order valence-electron chi connectivity index (χ2n) is 5.58. The van der Waals surface area contributed by atoms with Crippen LogP contribution >= 0.6 is 11.3 Å². The number of hydrogen-bond acceptors (Lipinski definition) is 5. The molecule has 3 heterocycles.